The topological polar surface area (TPSA) is 35.8 Å². The van der Waals surface area contributed by atoms with Gasteiger partial charge in [-0.3, -0.25) is 0 Å². The van der Waals surface area contributed by atoms with Crippen molar-refractivity contribution in [1.82, 2.24) is 5.32 Å². The van der Waals surface area contributed by atoms with Crippen molar-refractivity contribution in [3.63, 3.8) is 0 Å². The molecule has 0 aliphatic heterocycles. The number of nitrogens with one attached hydrogen (secondary N) is 1. The molecule has 1 aromatic rings. The van der Waals surface area contributed by atoms with E-state index in [4.69, 9.17) is 5.26 Å². The molecule has 0 spiro atoms. The van der Waals surface area contributed by atoms with E-state index in [0.717, 1.165) is 29.5 Å². The molecule has 2 nitrogen and oxygen atoms in total. The molecule has 0 heterocycles. The fourth-order valence-corrected chi connectivity index (χ4v) is 2.99. The first-order chi connectivity index (χ1) is 8.70. The number of nitrogens with zero attached hydrogens (tertiary/aromatic N) is 1. The number of hydrogen-bond acceptors (Lipinski definition) is 2. The molecule has 1 aromatic carbocycles. The molecule has 0 bridgehead atoms. The summed E-state index contributed by atoms with van der Waals surface area (Å²) in [7, 11) is 0. The molecule has 96 valence electrons. The van der Waals surface area contributed by atoms with Gasteiger partial charge in [0.15, 0.2) is 0 Å². The number of rotatable bonds is 3. The Kier molecular flexibility index (Phi) is 4.38. The summed E-state index contributed by atoms with van der Waals surface area (Å²) in [5.74, 6) is 1.60. The third kappa shape index (κ3) is 3.11. The molecule has 0 saturated heterocycles. The fourth-order valence-electron chi connectivity index (χ4n) is 2.99. The van der Waals surface area contributed by atoms with Crippen LogP contribution in [0.2, 0.25) is 0 Å². The van der Waals surface area contributed by atoms with Crippen molar-refractivity contribution in [2.24, 2.45) is 11.8 Å². The molecule has 3 atom stereocenters. The van der Waals surface area contributed by atoms with Gasteiger partial charge in [0, 0.05) is 12.6 Å². The summed E-state index contributed by atoms with van der Waals surface area (Å²) in [5.41, 5.74) is 1.91. The van der Waals surface area contributed by atoms with Crippen LogP contribution in [0.15, 0.2) is 24.3 Å². The van der Waals surface area contributed by atoms with Crippen molar-refractivity contribution >= 4 is 0 Å². The number of benzene rings is 1. The largest absolute Gasteiger partial charge is 0.310 e. The van der Waals surface area contributed by atoms with Crippen molar-refractivity contribution in [3.05, 3.63) is 35.4 Å². The summed E-state index contributed by atoms with van der Waals surface area (Å²) in [6, 6.07) is 10.7. The van der Waals surface area contributed by atoms with Crippen LogP contribution in [0.25, 0.3) is 0 Å². The Hall–Kier alpha value is -1.33. The summed E-state index contributed by atoms with van der Waals surface area (Å²) in [6.45, 7) is 5.49. The van der Waals surface area contributed by atoms with Gasteiger partial charge in [-0.25, -0.2) is 0 Å². The molecule has 1 aliphatic carbocycles. The minimum atomic E-state index is 0.605. The highest BCUT2D eigenvalue weighted by molar-refractivity contribution is 5.37. The Labute approximate surface area is 110 Å². The molecular formula is C16H22N2. The summed E-state index contributed by atoms with van der Waals surface area (Å²) in [6.07, 6.45) is 3.90. The molecule has 0 radical (unpaired) electrons. The van der Waals surface area contributed by atoms with Crippen LogP contribution < -0.4 is 5.32 Å². The second-order valence-corrected chi connectivity index (χ2v) is 5.65. The van der Waals surface area contributed by atoms with Crippen LogP contribution in [-0.4, -0.2) is 6.04 Å². The van der Waals surface area contributed by atoms with E-state index >= 15 is 0 Å². The summed E-state index contributed by atoms with van der Waals surface area (Å²) in [5, 5.41) is 12.7. The van der Waals surface area contributed by atoms with E-state index in [-0.39, 0.29) is 0 Å². The second kappa shape index (κ2) is 6.02. The highest BCUT2D eigenvalue weighted by Gasteiger charge is 2.24. The minimum absolute atomic E-state index is 0.605. The number of nitriles is 1. The first-order valence-corrected chi connectivity index (χ1v) is 6.92. The van der Waals surface area contributed by atoms with Gasteiger partial charge in [-0.1, -0.05) is 32.0 Å². The fraction of sp³-hybridized carbons (Fsp3) is 0.562. The SMILES string of the molecule is CC1CCC(NCc2ccccc2C#N)C(C)C1. The third-order valence-electron chi connectivity index (χ3n) is 4.12. The Balaban J connectivity index is 1.94. The van der Waals surface area contributed by atoms with E-state index in [2.05, 4.69) is 25.2 Å². The molecule has 2 rings (SSSR count). The second-order valence-electron chi connectivity index (χ2n) is 5.65. The lowest BCUT2D eigenvalue weighted by Gasteiger charge is -2.33. The van der Waals surface area contributed by atoms with E-state index in [1.54, 1.807) is 0 Å². The van der Waals surface area contributed by atoms with Gasteiger partial charge in [0.2, 0.25) is 0 Å². The van der Waals surface area contributed by atoms with Crippen LogP contribution in [0.5, 0.6) is 0 Å². The predicted molar refractivity (Wildman–Crippen MR) is 74.0 cm³/mol. The lowest BCUT2D eigenvalue weighted by Crippen LogP contribution is -2.38. The van der Waals surface area contributed by atoms with Gasteiger partial charge in [0.1, 0.15) is 0 Å². The van der Waals surface area contributed by atoms with Crippen LogP contribution in [0.1, 0.15) is 44.2 Å². The van der Waals surface area contributed by atoms with Gasteiger partial charge in [-0.05, 0) is 42.7 Å². The van der Waals surface area contributed by atoms with Crippen LogP contribution >= 0.6 is 0 Å². The van der Waals surface area contributed by atoms with Crippen LogP contribution in [0.4, 0.5) is 0 Å². The van der Waals surface area contributed by atoms with Crippen molar-refractivity contribution < 1.29 is 0 Å². The Bertz CT molecular complexity index is 433. The van der Waals surface area contributed by atoms with Crippen molar-refractivity contribution in [1.29, 1.82) is 5.26 Å². The van der Waals surface area contributed by atoms with Crippen molar-refractivity contribution in [2.75, 3.05) is 0 Å². The standard InChI is InChI=1S/C16H22N2/c1-12-7-8-16(13(2)9-12)18-11-15-6-4-3-5-14(15)10-17/h3-6,12-13,16,18H,7-9,11H2,1-2H3. The highest BCUT2D eigenvalue weighted by atomic mass is 14.9. The maximum Gasteiger partial charge on any atom is 0.0995 e. The minimum Gasteiger partial charge on any atom is -0.310 e. The summed E-state index contributed by atoms with van der Waals surface area (Å²) in [4.78, 5) is 0. The maximum absolute atomic E-state index is 9.06. The van der Waals surface area contributed by atoms with Gasteiger partial charge >= 0.3 is 0 Å². The van der Waals surface area contributed by atoms with Gasteiger partial charge in [-0.15, -0.1) is 0 Å². The van der Waals surface area contributed by atoms with Gasteiger partial charge < -0.3 is 5.32 Å². The Morgan fingerprint density at radius 3 is 2.78 bits per heavy atom. The first kappa shape index (κ1) is 13.1. The molecule has 18 heavy (non-hydrogen) atoms. The maximum atomic E-state index is 9.06. The lowest BCUT2D eigenvalue weighted by molar-refractivity contribution is 0.227. The molecule has 1 fully saturated rings. The molecule has 1 N–H and O–H groups in total. The Morgan fingerprint density at radius 1 is 1.28 bits per heavy atom. The molecule has 3 unspecified atom stereocenters. The number of hydrogen-bond donors (Lipinski definition) is 1. The zero-order valence-electron chi connectivity index (χ0n) is 11.3. The third-order valence-corrected chi connectivity index (χ3v) is 4.12. The average Bonchev–Trinajstić information content (AvgIpc) is 2.38. The van der Waals surface area contributed by atoms with Crippen molar-refractivity contribution in [2.45, 2.75) is 45.7 Å². The summed E-state index contributed by atoms with van der Waals surface area (Å²) < 4.78 is 0. The monoisotopic (exact) mass is 242 g/mol. The quantitative estimate of drug-likeness (QED) is 0.881. The molecule has 1 aliphatic rings. The van der Waals surface area contributed by atoms with E-state index < -0.39 is 0 Å². The van der Waals surface area contributed by atoms with Gasteiger partial charge in [0.05, 0.1) is 11.6 Å². The van der Waals surface area contributed by atoms with Crippen LogP contribution in [-0.2, 0) is 6.54 Å². The normalized spacial score (nSPS) is 27.7. The van der Waals surface area contributed by atoms with Crippen molar-refractivity contribution in [3.8, 4) is 6.07 Å². The Morgan fingerprint density at radius 2 is 2.06 bits per heavy atom. The lowest BCUT2D eigenvalue weighted by atomic mass is 9.80. The summed E-state index contributed by atoms with van der Waals surface area (Å²) >= 11 is 0. The average molecular weight is 242 g/mol. The predicted octanol–water partition coefficient (Wildman–Crippen LogP) is 3.47. The van der Waals surface area contributed by atoms with E-state index in [0.29, 0.717) is 6.04 Å². The molecule has 0 aromatic heterocycles. The van der Waals surface area contributed by atoms with Crippen LogP contribution in [0.3, 0.4) is 0 Å². The first-order valence-electron chi connectivity index (χ1n) is 6.92. The van der Waals surface area contributed by atoms with Gasteiger partial charge in [0.25, 0.3) is 0 Å². The zero-order chi connectivity index (χ0) is 13.0. The molecule has 2 heteroatoms. The molecular weight excluding hydrogens is 220 g/mol. The highest BCUT2D eigenvalue weighted by Crippen LogP contribution is 2.28. The smallest absolute Gasteiger partial charge is 0.0995 e. The molecule has 1 saturated carbocycles. The molecule has 0 amide bonds. The van der Waals surface area contributed by atoms with Gasteiger partial charge in [-0.2, -0.15) is 5.26 Å². The van der Waals surface area contributed by atoms with E-state index in [1.807, 2.05) is 24.3 Å². The van der Waals surface area contributed by atoms with Crippen LogP contribution in [0, 0.1) is 23.2 Å². The van der Waals surface area contributed by atoms with E-state index in [9.17, 15) is 0 Å². The van der Waals surface area contributed by atoms with E-state index in [1.165, 1.54) is 19.3 Å². The zero-order valence-corrected chi connectivity index (χ0v) is 11.3.